The molecule has 0 fully saturated rings. The summed E-state index contributed by atoms with van der Waals surface area (Å²) < 4.78 is 6.30. The van der Waals surface area contributed by atoms with Crippen molar-refractivity contribution >= 4 is 42.0 Å². The Morgan fingerprint density at radius 3 is 2.09 bits per heavy atom. The lowest BCUT2D eigenvalue weighted by atomic mass is 10.0. The molecule has 1 nitrogen and oxygen atoms in total. The lowest BCUT2D eigenvalue weighted by Gasteiger charge is -2.29. The highest BCUT2D eigenvalue weighted by atomic mass is 35.5. The van der Waals surface area contributed by atoms with Crippen molar-refractivity contribution in [2.24, 2.45) is 0 Å². The second-order valence-electron chi connectivity index (χ2n) is 4.97. The first-order chi connectivity index (χ1) is 10.8. The Bertz CT molecular complexity index is 843. The molecule has 0 spiro atoms. The first-order valence-corrected chi connectivity index (χ1v) is 8.88. The van der Waals surface area contributed by atoms with Crippen molar-refractivity contribution in [3.8, 4) is 16.9 Å². The van der Waals surface area contributed by atoms with E-state index in [0.29, 0.717) is 10.0 Å². The number of halogens is 2. The van der Waals surface area contributed by atoms with Crippen LogP contribution in [0.15, 0.2) is 66.7 Å². The summed E-state index contributed by atoms with van der Waals surface area (Å²) >= 11 is 12.8. The fourth-order valence-electron chi connectivity index (χ4n) is 2.64. The molecule has 0 amide bonds. The zero-order valence-electron chi connectivity index (χ0n) is 11.5. The van der Waals surface area contributed by atoms with Crippen LogP contribution in [0.2, 0.25) is 10.0 Å². The van der Waals surface area contributed by atoms with Gasteiger partial charge in [-0.3, -0.25) is 0 Å². The molecule has 4 rings (SSSR count). The predicted octanol–water partition coefficient (Wildman–Crippen LogP) is 5.40. The van der Waals surface area contributed by atoms with Gasteiger partial charge in [0.25, 0.3) is 0 Å². The predicted molar refractivity (Wildman–Crippen MR) is 95.2 cm³/mol. The average Bonchev–Trinajstić information content (AvgIpc) is 2.55. The first kappa shape index (κ1) is 14.1. The molecule has 1 atom stereocenters. The highest BCUT2D eigenvalue weighted by molar-refractivity contribution is 7.69. The van der Waals surface area contributed by atoms with Crippen LogP contribution in [0.3, 0.4) is 0 Å². The van der Waals surface area contributed by atoms with Gasteiger partial charge in [-0.2, -0.15) is 0 Å². The molecule has 1 aliphatic heterocycles. The molecular weight excluding hydrogens is 334 g/mol. The summed E-state index contributed by atoms with van der Waals surface area (Å²) in [6.45, 7) is 0. The molecule has 22 heavy (non-hydrogen) atoms. The van der Waals surface area contributed by atoms with Crippen LogP contribution in [0.1, 0.15) is 0 Å². The normalized spacial score (nSPS) is 15.6. The van der Waals surface area contributed by atoms with Crippen molar-refractivity contribution in [1.29, 1.82) is 0 Å². The van der Waals surface area contributed by atoms with Crippen molar-refractivity contribution < 1.29 is 4.52 Å². The average molecular weight is 345 g/mol. The van der Waals surface area contributed by atoms with Crippen LogP contribution in [-0.4, -0.2) is 0 Å². The number of fused-ring (bicyclic) bond motifs is 3. The molecule has 3 aromatic carbocycles. The summed E-state index contributed by atoms with van der Waals surface area (Å²) in [4.78, 5) is 0. The summed E-state index contributed by atoms with van der Waals surface area (Å²) in [6, 6.07) is 21.9. The molecule has 0 saturated heterocycles. The molecule has 0 bridgehead atoms. The van der Waals surface area contributed by atoms with Gasteiger partial charge in [0.15, 0.2) is 8.15 Å². The largest absolute Gasteiger partial charge is 0.464 e. The van der Waals surface area contributed by atoms with Crippen LogP contribution in [-0.2, 0) is 0 Å². The molecule has 1 unspecified atom stereocenters. The van der Waals surface area contributed by atoms with Crippen LogP contribution < -0.4 is 15.1 Å². The van der Waals surface area contributed by atoms with Gasteiger partial charge in [0.05, 0.1) is 15.3 Å². The summed E-state index contributed by atoms with van der Waals surface area (Å²) in [5.74, 6) is 0.878. The van der Waals surface area contributed by atoms with Crippen LogP contribution in [0.5, 0.6) is 5.75 Å². The molecule has 0 N–H and O–H groups in total. The van der Waals surface area contributed by atoms with Crippen molar-refractivity contribution in [2.45, 2.75) is 0 Å². The number of para-hydroxylation sites is 1. The maximum Gasteiger partial charge on any atom is 0.154 e. The standard InChI is InChI=1S/C18H11Cl2OP/c19-14-8-5-9-15(20)18(14)22-17-11-4-2-7-13(17)12-6-1-3-10-16(12)21-22/h1-11H. The van der Waals surface area contributed by atoms with Gasteiger partial charge in [-0.15, -0.1) is 0 Å². The lowest BCUT2D eigenvalue weighted by Crippen LogP contribution is -2.22. The van der Waals surface area contributed by atoms with Gasteiger partial charge in [0.2, 0.25) is 0 Å². The van der Waals surface area contributed by atoms with E-state index in [2.05, 4.69) is 18.2 Å². The zero-order valence-corrected chi connectivity index (χ0v) is 13.9. The van der Waals surface area contributed by atoms with Crippen molar-refractivity contribution in [2.75, 3.05) is 0 Å². The van der Waals surface area contributed by atoms with E-state index in [0.717, 1.165) is 21.9 Å². The Kier molecular flexibility index (Phi) is 3.58. The van der Waals surface area contributed by atoms with Crippen molar-refractivity contribution in [3.05, 3.63) is 76.8 Å². The topological polar surface area (TPSA) is 9.23 Å². The molecule has 3 aromatic rings. The quantitative estimate of drug-likeness (QED) is 0.537. The molecular formula is C18H11Cl2OP. The molecule has 0 saturated carbocycles. The van der Waals surface area contributed by atoms with Crippen LogP contribution in [0, 0.1) is 0 Å². The number of rotatable bonds is 1. The molecule has 0 aliphatic carbocycles. The van der Waals surface area contributed by atoms with Crippen LogP contribution in [0.4, 0.5) is 0 Å². The highest BCUT2D eigenvalue weighted by Gasteiger charge is 2.30. The highest BCUT2D eigenvalue weighted by Crippen LogP contribution is 2.49. The molecule has 1 aliphatic rings. The van der Waals surface area contributed by atoms with Gasteiger partial charge in [-0.05, 0) is 23.8 Å². The minimum absolute atomic E-state index is 0.646. The minimum atomic E-state index is -1.07. The third-order valence-electron chi connectivity index (χ3n) is 3.63. The van der Waals surface area contributed by atoms with E-state index in [1.54, 1.807) is 0 Å². The van der Waals surface area contributed by atoms with E-state index < -0.39 is 8.15 Å². The summed E-state index contributed by atoms with van der Waals surface area (Å²) in [7, 11) is -1.07. The van der Waals surface area contributed by atoms with Gasteiger partial charge in [-0.1, -0.05) is 71.7 Å². The van der Waals surface area contributed by atoms with Crippen LogP contribution >= 0.6 is 31.4 Å². The Balaban J connectivity index is 1.97. The lowest BCUT2D eigenvalue weighted by molar-refractivity contribution is 0.629. The number of hydrogen-bond donors (Lipinski definition) is 0. The van der Waals surface area contributed by atoms with Crippen molar-refractivity contribution in [1.82, 2.24) is 0 Å². The zero-order chi connectivity index (χ0) is 15.1. The van der Waals surface area contributed by atoms with E-state index in [-0.39, 0.29) is 0 Å². The maximum absolute atomic E-state index is 6.41. The molecule has 4 heteroatoms. The second-order valence-corrected chi connectivity index (χ2v) is 7.48. The maximum atomic E-state index is 6.41. The van der Waals surface area contributed by atoms with E-state index in [1.807, 2.05) is 48.5 Å². The Hall–Kier alpha value is -1.53. The molecule has 0 aromatic heterocycles. The Morgan fingerprint density at radius 2 is 1.32 bits per heavy atom. The van der Waals surface area contributed by atoms with E-state index in [4.69, 9.17) is 27.7 Å². The summed E-state index contributed by atoms with van der Waals surface area (Å²) in [5.41, 5.74) is 2.30. The summed E-state index contributed by atoms with van der Waals surface area (Å²) in [6.07, 6.45) is 0. The number of benzene rings is 3. The SMILES string of the molecule is Clc1cccc(Cl)c1P1Oc2ccccc2-c2ccccc21. The van der Waals surface area contributed by atoms with Gasteiger partial charge < -0.3 is 4.52 Å². The van der Waals surface area contributed by atoms with E-state index in [1.165, 1.54) is 5.56 Å². The fourth-order valence-corrected chi connectivity index (χ4v) is 5.46. The third kappa shape index (κ3) is 2.21. The minimum Gasteiger partial charge on any atom is -0.464 e. The van der Waals surface area contributed by atoms with Gasteiger partial charge >= 0.3 is 0 Å². The first-order valence-electron chi connectivity index (χ1n) is 6.86. The molecule has 1 heterocycles. The third-order valence-corrected chi connectivity index (χ3v) is 6.62. The Labute approximate surface area is 140 Å². The van der Waals surface area contributed by atoms with Gasteiger partial charge in [0, 0.05) is 10.9 Å². The van der Waals surface area contributed by atoms with Gasteiger partial charge in [-0.25, -0.2) is 0 Å². The second kappa shape index (κ2) is 5.59. The summed E-state index contributed by atoms with van der Waals surface area (Å²) in [5, 5.41) is 3.31. The molecule has 108 valence electrons. The van der Waals surface area contributed by atoms with Crippen molar-refractivity contribution in [3.63, 3.8) is 0 Å². The monoisotopic (exact) mass is 344 g/mol. The van der Waals surface area contributed by atoms with Gasteiger partial charge in [0.1, 0.15) is 5.75 Å². The van der Waals surface area contributed by atoms with E-state index >= 15 is 0 Å². The van der Waals surface area contributed by atoms with Crippen LogP contribution in [0.25, 0.3) is 11.1 Å². The van der Waals surface area contributed by atoms with E-state index in [9.17, 15) is 0 Å². The fraction of sp³-hybridized carbons (Fsp3) is 0. The Morgan fingerprint density at radius 1 is 0.682 bits per heavy atom. The smallest absolute Gasteiger partial charge is 0.154 e. The molecule has 0 radical (unpaired) electrons. The number of hydrogen-bond acceptors (Lipinski definition) is 1.